The second kappa shape index (κ2) is 8.55. The third-order valence-corrected chi connectivity index (χ3v) is 4.78. The number of rotatable bonds is 6. The van der Waals surface area contributed by atoms with Crippen LogP contribution in [0.3, 0.4) is 0 Å². The maximum atomic E-state index is 11.9. The first kappa shape index (κ1) is 20.1. The SMILES string of the molecule is C=C(C)C(=O)OCCOC(=O)OC1OC(OC)C2OC3(CCCCC3)OC12. The molecule has 27 heavy (non-hydrogen) atoms. The van der Waals surface area contributed by atoms with Crippen molar-refractivity contribution in [3.63, 3.8) is 0 Å². The fourth-order valence-corrected chi connectivity index (χ4v) is 3.49. The number of carbonyl (C=O) groups excluding carboxylic acids is 2. The Morgan fingerprint density at radius 1 is 1.04 bits per heavy atom. The van der Waals surface area contributed by atoms with Gasteiger partial charge < -0.3 is 33.2 Å². The molecular weight excluding hydrogens is 360 g/mol. The maximum absolute atomic E-state index is 11.9. The minimum absolute atomic E-state index is 0.0954. The third kappa shape index (κ3) is 4.60. The molecule has 3 aliphatic rings. The Morgan fingerprint density at radius 3 is 2.30 bits per heavy atom. The van der Waals surface area contributed by atoms with Crippen LogP contribution in [0.25, 0.3) is 0 Å². The molecule has 0 N–H and O–H groups in total. The lowest BCUT2D eigenvalue weighted by Crippen LogP contribution is -2.38. The first-order valence-electron chi connectivity index (χ1n) is 9.14. The van der Waals surface area contributed by atoms with Crippen molar-refractivity contribution < 1.29 is 42.7 Å². The number of esters is 1. The molecule has 3 fully saturated rings. The summed E-state index contributed by atoms with van der Waals surface area (Å²) in [5.74, 6) is -1.21. The van der Waals surface area contributed by atoms with Gasteiger partial charge >= 0.3 is 12.1 Å². The zero-order chi connectivity index (χ0) is 19.4. The van der Waals surface area contributed by atoms with Crippen molar-refractivity contribution in [1.82, 2.24) is 0 Å². The molecule has 1 aliphatic carbocycles. The second-order valence-electron chi connectivity index (χ2n) is 6.88. The fourth-order valence-electron chi connectivity index (χ4n) is 3.49. The van der Waals surface area contributed by atoms with Crippen LogP contribution >= 0.6 is 0 Å². The highest BCUT2D eigenvalue weighted by molar-refractivity contribution is 5.86. The van der Waals surface area contributed by atoms with E-state index in [0.29, 0.717) is 0 Å². The Kier molecular flexibility index (Phi) is 6.36. The summed E-state index contributed by atoms with van der Waals surface area (Å²) in [5.41, 5.74) is 0.267. The van der Waals surface area contributed by atoms with E-state index in [-0.39, 0.29) is 18.8 Å². The summed E-state index contributed by atoms with van der Waals surface area (Å²) in [7, 11) is 1.49. The molecule has 0 aromatic rings. The second-order valence-corrected chi connectivity index (χ2v) is 6.88. The Bertz CT molecular complexity index is 569. The molecule has 2 saturated heterocycles. The van der Waals surface area contributed by atoms with E-state index in [1.807, 2.05) is 0 Å². The molecule has 0 amide bonds. The summed E-state index contributed by atoms with van der Waals surface area (Å²) in [4.78, 5) is 23.2. The van der Waals surface area contributed by atoms with Crippen LogP contribution in [-0.4, -0.2) is 63.0 Å². The highest BCUT2D eigenvalue weighted by Crippen LogP contribution is 2.46. The molecule has 1 spiro atoms. The van der Waals surface area contributed by atoms with Crippen molar-refractivity contribution in [3.8, 4) is 0 Å². The van der Waals surface area contributed by atoms with E-state index in [1.165, 1.54) is 14.0 Å². The van der Waals surface area contributed by atoms with Gasteiger partial charge in [0, 0.05) is 25.5 Å². The maximum Gasteiger partial charge on any atom is 0.510 e. The van der Waals surface area contributed by atoms with Crippen molar-refractivity contribution in [1.29, 1.82) is 0 Å². The Labute approximate surface area is 157 Å². The Morgan fingerprint density at radius 2 is 1.67 bits per heavy atom. The van der Waals surface area contributed by atoms with E-state index in [0.717, 1.165) is 32.1 Å². The van der Waals surface area contributed by atoms with E-state index in [2.05, 4.69) is 6.58 Å². The van der Waals surface area contributed by atoms with Crippen LogP contribution in [0.15, 0.2) is 12.2 Å². The highest BCUT2D eigenvalue weighted by Gasteiger charge is 2.60. The number of hydrogen-bond donors (Lipinski definition) is 0. The lowest BCUT2D eigenvalue weighted by molar-refractivity contribution is -0.278. The molecule has 9 heteroatoms. The predicted octanol–water partition coefficient (Wildman–Crippen LogP) is 2.03. The first-order valence-corrected chi connectivity index (χ1v) is 9.14. The molecule has 0 aromatic carbocycles. The van der Waals surface area contributed by atoms with Gasteiger partial charge in [-0.05, 0) is 19.8 Å². The van der Waals surface area contributed by atoms with Crippen molar-refractivity contribution in [2.75, 3.05) is 20.3 Å². The van der Waals surface area contributed by atoms with Gasteiger partial charge in [-0.3, -0.25) is 0 Å². The average molecular weight is 386 g/mol. The summed E-state index contributed by atoms with van der Waals surface area (Å²) in [6.45, 7) is 4.75. The van der Waals surface area contributed by atoms with Gasteiger partial charge in [-0.25, -0.2) is 9.59 Å². The number of carbonyl (C=O) groups is 2. The molecule has 2 aliphatic heterocycles. The molecule has 9 nitrogen and oxygen atoms in total. The molecule has 0 bridgehead atoms. The van der Waals surface area contributed by atoms with Gasteiger partial charge in [0.05, 0.1) is 0 Å². The van der Waals surface area contributed by atoms with Crippen LogP contribution in [0, 0.1) is 0 Å². The van der Waals surface area contributed by atoms with Gasteiger partial charge in [0.25, 0.3) is 0 Å². The summed E-state index contributed by atoms with van der Waals surface area (Å²) in [5, 5.41) is 0. The van der Waals surface area contributed by atoms with Gasteiger partial charge in [0.1, 0.15) is 19.3 Å². The van der Waals surface area contributed by atoms with Crippen LogP contribution in [0.2, 0.25) is 0 Å². The van der Waals surface area contributed by atoms with E-state index < -0.39 is 42.7 Å². The van der Waals surface area contributed by atoms with E-state index >= 15 is 0 Å². The monoisotopic (exact) mass is 386 g/mol. The Balaban J connectivity index is 1.48. The third-order valence-electron chi connectivity index (χ3n) is 4.78. The van der Waals surface area contributed by atoms with Crippen molar-refractivity contribution in [2.45, 2.75) is 69.6 Å². The molecular formula is C18H26O9. The number of fused-ring (bicyclic) bond motifs is 1. The van der Waals surface area contributed by atoms with Crippen LogP contribution in [-0.2, 0) is 38.0 Å². The van der Waals surface area contributed by atoms with Crippen LogP contribution in [0.5, 0.6) is 0 Å². The molecule has 3 rings (SSSR count). The molecule has 4 atom stereocenters. The molecule has 152 valence electrons. The highest BCUT2D eigenvalue weighted by atomic mass is 16.9. The zero-order valence-electron chi connectivity index (χ0n) is 15.6. The predicted molar refractivity (Wildman–Crippen MR) is 89.4 cm³/mol. The lowest BCUT2D eigenvalue weighted by atomic mass is 9.94. The number of hydrogen-bond acceptors (Lipinski definition) is 9. The fraction of sp³-hybridized carbons (Fsp3) is 0.778. The standard InChI is InChI=1S/C18H26O9/c1-11(2)14(19)22-9-10-23-17(20)25-16-13-12(15(21-3)24-16)26-18(27-13)7-5-4-6-8-18/h12-13,15-16H,1,4-10H2,2-3H3. The van der Waals surface area contributed by atoms with E-state index in [9.17, 15) is 9.59 Å². The topological polar surface area (TPSA) is 98.8 Å². The van der Waals surface area contributed by atoms with Crippen LogP contribution in [0.1, 0.15) is 39.0 Å². The molecule has 0 aromatic heterocycles. The Hall–Kier alpha value is -1.68. The molecule has 4 unspecified atom stereocenters. The largest absolute Gasteiger partial charge is 0.510 e. The van der Waals surface area contributed by atoms with E-state index in [1.54, 1.807) is 0 Å². The van der Waals surface area contributed by atoms with E-state index in [4.69, 9.17) is 33.2 Å². The van der Waals surface area contributed by atoms with Crippen molar-refractivity contribution >= 4 is 12.1 Å². The minimum atomic E-state index is -0.994. The first-order chi connectivity index (χ1) is 12.9. The van der Waals surface area contributed by atoms with Crippen molar-refractivity contribution in [2.24, 2.45) is 0 Å². The minimum Gasteiger partial charge on any atom is -0.459 e. The van der Waals surface area contributed by atoms with Gasteiger partial charge in [0.15, 0.2) is 18.2 Å². The summed E-state index contributed by atoms with van der Waals surface area (Å²) >= 11 is 0. The van der Waals surface area contributed by atoms with Gasteiger partial charge in [-0.2, -0.15) is 0 Å². The molecule has 2 heterocycles. The van der Waals surface area contributed by atoms with Gasteiger partial charge in [-0.15, -0.1) is 0 Å². The number of ether oxygens (including phenoxy) is 7. The smallest absolute Gasteiger partial charge is 0.459 e. The number of methoxy groups -OCH3 is 1. The van der Waals surface area contributed by atoms with Crippen LogP contribution < -0.4 is 0 Å². The average Bonchev–Trinajstić information content (AvgIpc) is 3.15. The lowest BCUT2D eigenvalue weighted by Gasteiger charge is -2.33. The van der Waals surface area contributed by atoms with Gasteiger partial charge in [-0.1, -0.05) is 13.0 Å². The summed E-state index contributed by atoms with van der Waals surface area (Å²) in [6.07, 6.45) is 1.10. The zero-order valence-corrected chi connectivity index (χ0v) is 15.6. The van der Waals surface area contributed by atoms with Crippen molar-refractivity contribution in [3.05, 3.63) is 12.2 Å². The summed E-state index contributed by atoms with van der Waals surface area (Å²) < 4.78 is 38.0. The normalized spacial score (nSPS) is 31.3. The van der Waals surface area contributed by atoms with Crippen LogP contribution in [0.4, 0.5) is 4.79 Å². The molecule has 1 saturated carbocycles. The quantitative estimate of drug-likeness (QED) is 0.386. The molecule has 0 radical (unpaired) electrons. The summed E-state index contributed by atoms with van der Waals surface area (Å²) in [6, 6.07) is 0. The van der Waals surface area contributed by atoms with Gasteiger partial charge in [0.2, 0.25) is 6.29 Å².